The number of nitrogens with one attached hydrogen (secondary N) is 2. The highest BCUT2D eigenvalue weighted by Crippen LogP contribution is 2.22. The van der Waals surface area contributed by atoms with E-state index in [1.165, 1.54) is 17.0 Å². The maximum Gasteiger partial charge on any atom is 0.279 e. The van der Waals surface area contributed by atoms with Crippen LogP contribution in [0.15, 0.2) is 42.5 Å². The van der Waals surface area contributed by atoms with E-state index in [4.69, 9.17) is 23.2 Å². The summed E-state index contributed by atoms with van der Waals surface area (Å²) in [6.45, 7) is 3.75. The average Bonchev–Trinajstić information content (AvgIpc) is 2.55. The molecule has 3 rings (SSSR count). The molecular weight excluding hydrogens is 364 g/mol. The van der Waals surface area contributed by atoms with E-state index < -0.39 is 0 Å². The molecule has 0 spiro atoms. The Morgan fingerprint density at radius 2 is 1.68 bits per heavy atom. The van der Waals surface area contributed by atoms with Crippen LogP contribution < -0.4 is 15.1 Å². The predicted octanol–water partition coefficient (Wildman–Crippen LogP) is 2.48. The summed E-state index contributed by atoms with van der Waals surface area (Å²) in [4.78, 5) is 15.6. The van der Waals surface area contributed by atoms with Crippen molar-refractivity contribution in [2.24, 2.45) is 0 Å². The number of carbonyl (C=O) groups is 1. The second-order valence-electron chi connectivity index (χ2n) is 6.10. The van der Waals surface area contributed by atoms with Crippen molar-refractivity contribution in [3.63, 3.8) is 0 Å². The first kappa shape index (κ1) is 18.0. The molecule has 25 heavy (non-hydrogen) atoms. The lowest BCUT2D eigenvalue weighted by Crippen LogP contribution is -3.15. The lowest BCUT2D eigenvalue weighted by Gasteiger charge is -2.33. The van der Waals surface area contributed by atoms with Gasteiger partial charge in [-0.05, 0) is 42.5 Å². The average molecular weight is 383 g/mol. The lowest BCUT2D eigenvalue weighted by atomic mass is 10.2. The third-order valence-electron chi connectivity index (χ3n) is 4.22. The number of rotatable bonds is 4. The number of halogens is 3. The Morgan fingerprint density at radius 1 is 1.08 bits per heavy atom. The highest BCUT2D eigenvalue weighted by molar-refractivity contribution is 6.35. The summed E-state index contributed by atoms with van der Waals surface area (Å²) in [6.07, 6.45) is 0. The molecule has 2 aromatic carbocycles. The Hall–Kier alpha value is -1.82. The van der Waals surface area contributed by atoms with Crippen LogP contribution in [0.2, 0.25) is 10.0 Å². The highest BCUT2D eigenvalue weighted by Gasteiger charge is 2.22. The van der Waals surface area contributed by atoms with Crippen LogP contribution in [0.5, 0.6) is 0 Å². The van der Waals surface area contributed by atoms with E-state index >= 15 is 0 Å². The molecule has 1 heterocycles. The Labute approximate surface area is 156 Å². The summed E-state index contributed by atoms with van der Waals surface area (Å²) in [6, 6.07) is 11.5. The van der Waals surface area contributed by atoms with Crippen LogP contribution in [0, 0.1) is 5.82 Å². The van der Waals surface area contributed by atoms with Crippen molar-refractivity contribution < 1.29 is 14.1 Å². The summed E-state index contributed by atoms with van der Waals surface area (Å²) in [7, 11) is 0. The van der Waals surface area contributed by atoms with Gasteiger partial charge in [0.1, 0.15) is 5.82 Å². The van der Waals surface area contributed by atoms with E-state index in [-0.39, 0.29) is 11.7 Å². The first-order chi connectivity index (χ1) is 12.0. The summed E-state index contributed by atoms with van der Waals surface area (Å²) in [5, 5.41) is 3.81. The Bertz CT molecular complexity index is 726. The largest absolute Gasteiger partial charge is 0.360 e. The summed E-state index contributed by atoms with van der Waals surface area (Å²) in [5.74, 6) is -0.297. The molecule has 0 bridgehead atoms. The van der Waals surface area contributed by atoms with Crippen LogP contribution in [-0.4, -0.2) is 38.6 Å². The van der Waals surface area contributed by atoms with Gasteiger partial charge in [-0.3, -0.25) is 4.79 Å². The monoisotopic (exact) mass is 382 g/mol. The molecule has 7 heteroatoms. The van der Waals surface area contributed by atoms with Gasteiger partial charge in [-0.25, -0.2) is 4.39 Å². The van der Waals surface area contributed by atoms with Gasteiger partial charge in [-0.2, -0.15) is 0 Å². The smallest absolute Gasteiger partial charge is 0.279 e. The predicted molar refractivity (Wildman–Crippen MR) is 99.3 cm³/mol. The molecule has 0 unspecified atom stereocenters. The van der Waals surface area contributed by atoms with Crippen molar-refractivity contribution >= 4 is 40.5 Å². The summed E-state index contributed by atoms with van der Waals surface area (Å²) >= 11 is 11.9. The summed E-state index contributed by atoms with van der Waals surface area (Å²) in [5.41, 5.74) is 1.62. The molecule has 0 radical (unpaired) electrons. The third-order valence-corrected chi connectivity index (χ3v) is 4.66. The molecule has 0 saturated carbocycles. The van der Waals surface area contributed by atoms with E-state index in [2.05, 4.69) is 10.2 Å². The quantitative estimate of drug-likeness (QED) is 0.851. The molecule has 0 aliphatic carbocycles. The Balaban J connectivity index is 1.50. The van der Waals surface area contributed by atoms with E-state index in [1.54, 1.807) is 30.3 Å². The molecule has 0 atom stereocenters. The second-order valence-corrected chi connectivity index (χ2v) is 6.97. The van der Waals surface area contributed by atoms with Gasteiger partial charge in [0.2, 0.25) is 0 Å². The van der Waals surface area contributed by atoms with Crippen molar-refractivity contribution in [3.8, 4) is 0 Å². The number of quaternary nitrogens is 1. The lowest BCUT2D eigenvalue weighted by molar-refractivity contribution is -0.892. The van der Waals surface area contributed by atoms with Gasteiger partial charge >= 0.3 is 0 Å². The minimum absolute atomic E-state index is 0.0661. The second kappa shape index (κ2) is 8.04. The third kappa shape index (κ3) is 5.08. The number of benzene rings is 2. The first-order valence-corrected chi connectivity index (χ1v) is 8.85. The van der Waals surface area contributed by atoms with Gasteiger partial charge in [-0.1, -0.05) is 23.2 Å². The molecule has 1 fully saturated rings. The molecule has 1 amide bonds. The number of piperazine rings is 1. The van der Waals surface area contributed by atoms with Crippen LogP contribution in [0.25, 0.3) is 0 Å². The molecule has 1 aliphatic rings. The van der Waals surface area contributed by atoms with Crippen molar-refractivity contribution in [2.45, 2.75) is 0 Å². The first-order valence-electron chi connectivity index (χ1n) is 8.09. The molecule has 1 saturated heterocycles. The van der Waals surface area contributed by atoms with E-state index in [0.717, 1.165) is 31.9 Å². The standard InChI is InChI=1S/C18H18Cl2FN3O/c19-13-9-14(20)11-16(10-13)22-18(25)12-23-5-7-24(8-6-23)17-3-1-15(21)2-4-17/h1-4,9-11H,5-8,12H2,(H,22,25)/p+1. The molecule has 0 aromatic heterocycles. The number of amides is 1. The molecule has 2 N–H and O–H groups in total. The Morgan fingerprint density at radius 3 is 2.28 bits per heavy atom. The fraction of sp³-hybridized carbons (Fsp3) is 0.278. The number of hydrogen-bond acceptors (Lipinski definition) is 2. The zero-order valence-corrected chi connectivity index (χ0v) is 15.1. The van der Waals surface area contributed by atoms with E-state index in [1.807, 2.05) is 0 Å². The SMILES string of the molecule is O=C(C[NH+]1CCN(c2ccc(F)cc2)CC1)Nc1cc(Cl)cc(Cl)c1. The number of anilines is 2. The highest BCUT2D eigenvalue weighted by atomic mass is 35.5. The molecule has 132 valence electrons. The number of hydrogen-bond donors (Lipinski definition) is 2. The van der Waals surface area contributed by atoms with Gasteiger partial charge < -0.3 is 15.1 Å². The van der Waals surface area contributed by atoms with Crippen molar-refractivity contribution in [3.05, 3.63) is 58.3 Å². The van der Waals surface area contributed by atoms with Crippen LogP contribution in [0.1, 0.15) is 0 Å². The van der Waals surface area contributed by atoms with Crippen molar-refractivity contribution in [2.75, 3.05) is 42.9 Å². The van der Waals surface area contributed by atoms with Crippen molar-refractivity contribution in [1.82, 2.24) is 0 Å². The minimum atomic E-state index is -0.231. The van der Waals surface area contributed by atoms with Gasteiger partial charge in [0.05, 0.1) is 26.2 Å². The van der Waals surface area contributed by atoms with Crippen LogP contribution in [-0.2, 0) is 4.79 Å². The minimum Gasteiger partial charge on any atom is -0.360 e. The molecule has 4 nitrogen and oxygen atoms in total. The van der Waals surface area contributed by atoms with Crippen LogP contribution in [0.4, 0.5) is 15.8 Å². The summed E-state index contributed by atoms with van der Waals surface area (Å²) < 4.78 is 13.0. The molecular formula is C18H19Cl2FN3O+. The van der Waals surface area contributed by atoms with Crippen LogP contribution in [0.3, 0.4) is 0 Å². The zero-order chi connectivity index (χ0) is 17.8. The zero-order valence-electron chi connectivity index (χ0n) is 13.6. The van der Waals surface area contributed by atoms with Gasteiger partial charge in [0.25, 0.3) is 5.91 Å². The van der Waals surface area contributed by atoms with E-state index in [0.29, 0.717) is 22.3 Å². The van der Waals surface area contributed by atoms with Gasteiger partial charge in [0.15, 0.2) is 6.54 Å². The van der Waals surface area contributed by atoms with E-state index in [9.17, 15) is 9.18 Å². The van der Waals surface area contributed by atoms with Crippen LogP contribution >= 0.6 is 23.2 Å². The topological polar surface area (TPSA) is 36.8 Å². The number of nitrogens with zero attached hydrogens (tertiary/aromatic N) is 1. The van der Waals surface area contributed by atoms with Crippen molar-refractivity contribution in [1.29, 1.82) is 0 Å². The fourth-order valence-electron chi connectivity index (χ4n) is 2.97. The maximum absolute atomic E-state index is 13.0. The number of carbonyl (C=O) groups excluding carboxylic acids is 1. The molecule has 2 aromatic rings. The fourth-order valence-corrected chi connectivity index (χ4v) is 3.49. The van der Waals surface area contributed by atoms with Gasteiger partial charge in [-0.15, -0.1) is 0 Å². The normalized spacial score (nSPS) is 15.2. The maximum atomic E-state index is 13.0. The van der Waals surface area contributed by atoms with Gasteiger partial charge in [0, 0.05) is 21.4 Å². The molecule has 1 aliphatic heterocycles. The Kier molecular flexibility index (Phi) is 5.78.